The van der Waals surface area contributed by atoms with Crippen molar-refractivity contribution >= 4 is 50.3 Å². The molecular formula is C45H51N5O6S. The fourth-order valence-electron chi connectivity index (χ4n) is 7.84. The van der Waals surface area contributed by atoms with Crippen molar-refractivity contribution in [2.75, 3.05) is 43.0 Å². The van der Waals surface area contributed by atoms with Crippen molar-refractivity contribution in [1.82, 2.24) is 14.9 Å². The van der Waals surface area contributed by atoms with Crippen LogP contribution < -0.4 is 15.0 Å². The second-order valence-corrected chi connectivity index (χ2v) is 17.5. The quantitative estimate of drug-likeness (QED) is 0.0934. The van der Waals surface area contributed by atoms with Crippen LogP contribution in [0, 0.1) is 12.3 Å². The van der Waals surface area contributed by atoms with E-state index in [-0.39, 0.29) is 23.6 Å². The van der Waals surface area contributed by atoms with Gasteiger partial charge < -0.3 is 19.5 Å². The normalized spacial score (nSPS) is 15.6. The lowest BCUT2D eigenvalue weighted by Gasteiger charge is -2.39. The summed E-state index contributed by atoms with van der Waals surface area (Å²) in [4.78, 5) is 52.4. The van der Waals surface area contributed by atoms with Crippen LogP contribution in [0.25, 0.3) is 21.3 Å². The predicted molar refractivity (Wildman–Crippen MR) is 224 cm³/mol. The number of aliphatic carboxylic acids is 1. The summed E-state index contributed by atoms with van der Waals surface area (Å²) in [5, 5.41) is 12.7. The van der Waals surface area contributed by atoms with Gasteiger partial charge in [0.05, 0.1) is 23.4 Å². The summed E-state index contributed by atoms with van der Waals surface area (Å²) in [7, 11) is 0. The lowest BCUT2D eigenvalue weighted by molar-refractivity contribution is -0.138. The van der Waals surface area contributed by atoms with Crippen molar-refractivity contribution < 1.29 is 29.0 Å². The molecule has 4 heterocycles. The molecule has 2 aliphatic rings. The number of rotatable bonds is 12. The Morgan fingerprint density at radius 3 is 2.46 bits per heavy atom. The molecule has 2 aliphatic heterocycles. The number of amides is 1. The number of carbonyl (C=O) groups excluding carboxylic acids is 2. The molecule has 0 atom stereocenters. The number of fused-ring (bicyclic) bond motifs is 2. The molecule has 0 bridgehead atoms. The van der Waals surface area contributed by atoms with Gasteiger partial charge in [0.15, 0.2) is 10.8 Å². The van der Waals surface area contributed by atoms with Gasteiger partial charge in [-0.15, -0.1) is 0 Å². The summed E-state index contributed by atoms with van der Waals surface area (Å²) < 4.78 is 13.3. The number of para-hydroxylation sites is 1. The van der Waals surface area contributed by atoms with Gasteiger partial charge in [-0.25, -0.2) is 14.8 Å². The van der Waals surface area contributed by atoms with Crippen molar-refractivity contribution in [2.24, 2.45) is 5.41 Å². The van der Waals surface area contributed by atoms with Gasteiger partial charge in [-0.05, 0) is 137 Å². The standard InChI is InChI=1S/C45H51N5O6S/c1-29-31(12-9-15-36(29)55-26-10-20-45(5)21-24-49(25-22-45)28-39(51)52)32-17-18-38(47-40(32)42(54)56-44(2,3)4)50-23-19-30-11-8-13-33(34(30)27-50)41(53)48-43-46-35-14-6-7-16-37(35)57-43/h6-9,11-18H,10,19-28H2,1-5H3,(H,51,52)(H,46,48,53). The third kappa shape index (κ3) is 9.45. The topological polar surface area (TPSA) is 134 Å². The zero-order chi connectivity index (χ0) is 40.3. The molecule has 1 amide bonds. The molecule has 7 rings (SSSR count). The van der Waals surface area contributed by atoms with Crippen LogP contribution in [-0.4, -0.2) is 76.2 Å². The van der Waals surface area contributed by atoms with E-state index in [2.05, 4.69) is 28.2 Å². The molecule has 0 aliphatic carbocycles. The second kappa shape index (κ2) is 16.6. The van der Waals surface area contributed by atoms with Crippen LogP contribution in [0.3, 0.4) is 0 Å². The summed E-state index contributed by atoms with van der Waals surface area (Å²) in [6, 6.07) is 23.4. The number of aromatic nitrogens is 2. The average Bonchev–Trinajstić information content (AvgIpc) is 3.59. The Bertz CT molecular complexity index is 2260. The predicted octanol–water partition coefficient (Wildman–Crippen LogP) is 8.78. The van der Waals surface area contributed by atoms with Crippen molar-refractivity contribution in [1.29, 1.82) is 0 Å². The average molecular weight is 790 g/mol. The number of carbonyl (C=O) groups is 3. The van der Waals surface area contributed by atoms with Crippen LogP contribution in [0.1, 0.15) is 90.9 Å². The van der Waals surface area contributed by atoms with Gasteiger partial charge in [0.1, 0.15) is 17.2 Å². The zero-order valence-electron chi connectivity index (χ0n) is 33.4. The van der Waals surface area contributed by atoms with Gasteiger partial charge in [0.2, 0.25) is 0 Å². The molecule has 0 unspecified atom stereocenters. The number of anilines is 2. The van der Waals surface area contributed by atoms with Gasteiger partial charge in [-0.2, -0.15) is 0 Å². The second-order valence-electron chi connectivity index (χ2n) is 16.5. The molecule has 1 fully saturated rings. The highest BCUT2D eigenvalue weighted by atomic mass is 32.1. The molecular weight excluding hydrogens is 739 g/mol. The molecule has 12 heteroatoms. The van der Waals surface area contributed by atoms with E-state index < -0.39 is 17.5 Å². The number of benzene rings is 3. The van der Waals surface area contributed by atoms with E-state index in [1.54, 1.807) is 0 Å². The van der Waals surface area contributed by atoms with Gasteiger partial charge in [0, 0.05) is 24.2 Å². The zero-order valence-corrected chi connectivity index (χ0v) is 34.2. The van der Waals surface area contributed by atoms with E-state index in [1.165, 1.54) is 11.3 Å². The van der Waals surface area contributed by atoms with Crippen LogP contribution in [0.5, 0.6) is 5.75 Å². The number of carboxylic acids is 1. The van der Waals surface area contributed by atoms with Crippen LogP contribution >= 0.6 is 11.3 Å². The molecule has 5 aromatic rings. The van der Waals surface area contributed by atoms with E-state index >= 15 is 0 Å². The van der Waals surface area contributed by atoms with E-state index in [0.29, 0.717) is 48.2 Å². The number of esters is 1. The maximum absolute atomic E-state index is 13.9. The number of hydrogen-bond acceptors (Lipinski definition) is 10. The van der Waals surface area contributed by atoms with Crippen molar-refractivity contribution in [3.05, 3.63) is 101 Å². The monoisotopic (exact) mass is 789 g/mol. The third-order valence-corrected chi connectivity index (χ3v) is 12.0. The number of piperidine rings is 1. The summed E-state index contributed by atoms with van der Waals surface area (Å²) in [5.41, 5.74) is 5.50. The molecule has 2 aromatic heterocycles. The maximum Gasteiger partial charge on any atom is 0.358 e. The van der Waals surface area contributed by atoms with Crippen molar-refractivity contribution in [3.8, 4) is 16.9 Å². The molecule has 57 heavy (non-hydrogen) atoms. The smallest absolute Gasteiger partial charge is 0.358 e. The van der Waals surface area contributed by atoms with Gasteiger partial charge in [0.25, 0.3) is 5.91 Å². The minimum Gasteiger partial charge on any atom is -0.493 e. The van der Waals surface area contributed by atoms with E-state index in [9.17, 15) is 14.4 Å². The number of carboxylic acid groups (broad SMARTS) is 1. The molecule has 11 nitrogen and oxygen atoms in total. The molecule has 1 saturated heterocycles. The number of hydrogen-bond donors (Lipinski definition) is 2. The number of ether oxygens (including phenoxy) is 2. The number of nitrogens with zero attached hydrogens (tertiary/aromatic N) is 4. The summed E-state index contributed by atoms with van der Waals surface area (Å²) in [5.74, 6) is -0.130. The molecule has 0 saturated carbocycles. The first kappa shape index (κ1) is 39.9. The van der Waals surface area contributed by atoms with Crippen molar-refractivity contribution in [2.45, 2.75) is 78.9 Å². The first-order valence-electron chi connectivity index (χ1n) is 19.7. The highest BCUT2D eigenvalue weighted by Crippen LogP contribution is 2.37. The maximum atomic E-state index is 13.9. The number of nitrogens with one attached hydrogen (secondary N) is 1. The Balaban J connectivity index is 1.09. The molecule has 0 spiro atoms. The Morgan fingerprint density at radius 1 is 0.930 bits per heavy atom. The van der Waals surface area contributed by atoms with Crippen LogP contribution in [0.4, 0.5) is 10.9 Å². The Morgan fingerprint density at radius 2 is 1.70 bits per heavy atom. The minimum atomic E-state index is -0.776. The number of pyridine rings is 1. The lowest BCUT2D eigenvalue weighted by atomic mass is 9.77. The molecule has 0 radical (unpaired) electrons. The molecule has 3 aromatic carbocycles. The summed E-state index contributed by atoms with van der Waals surface area (Å²) in [6.07, 6.45) is 4.52. The molecule has 298 valence electrons. The van der Waals surface area contributed by atoms with Crippen LogP contribution in [-0.2, 0) is 22.5 Å². The largest absolute Gasteiger partial charge is 0.493 e. The van der Waals surface area contributed by atoms with Crippen molar-refractivity contribution in [3.63, 3.8) is 0 Å². The van der Waals surface area contributed by atoms with Gasteiger partial charge >= 0.3 is 11.9 Å². The number of likely N-dealkylation sites (tertiary alicyclic amines) is 1. The highest BCUT2D eigenvalue weighted by Gasteiger charge is 2.31. The van der Waals surface area contributed by atoms with Crippen LogP contribution in [0.15, 0.2) is 72.8 Å². The minimum absolute atomic E-state index is 0.101. The van der Waals surface area contributed by atoms with Crippen LogP contribution in [0.2, 0.25) is 0 Å². The Labute approximate surface area is 338 Å². The summed E-state index contributed by atoms with van der Waals surface area (Å²) in [6.45, 7) is 13.2. The lowest BCUT2D eigenvalue weighted by Crippen LogP contribution is -2.41. The molecule has 2 N–H and O–H groups in total. The van der Waals surface area contributed by atoms with Gasteiger partial charge in [-0.1, -0.05) is 54.7 Å². The summed E-state index contributed by atoms with van der Waals surface area (Å²) >= 11 is 1.45. The van der Waals surface area contributed by atoms with E-state index in [4.69, 9.17) is 19.6 Å². The van der Waals surface area contributed by atoms with Gasteiger partial charge in [-0.3, -0.25) is 19.8 Å². The number of thiazole rings is 1. The fraction of sp³-hybridized carbons (Fsp3) is 0.400. The SMILES string of the molecule is Cc1c(OCCCC2(C)CCN(CC(=O)O)CC2)cccc1-c1ccc(N2CCc3cccc(C(=O)Nc4nc5ccccc5s4)c3C2)nc1C(=O)OC(C)(C)C. The van der Waals surface area contributed by atoms with E-state index in [0.717, 1.165) is 77.0 Å². The fourth-order valence-corrected chi connectivity index (χ4v) is 8.70. The van der Waals surface area contributed by atoms with E-state index in [1.807, 2.05) is 99.3 Å². The Kier molecular flexibility index (Phi) is 11.6. The first-order valence-corrected chi connectivity index (χ1v) is 20.5. The Hall–Kier alpha value is -5.33. The first-order chi connectivity index (χ1) is 27.2. The third-order valence-electron chi connectivity index (χ3n) is 11.0. The highest BCUT2D eigenvalue weighted by molar-refractivity contribution is 7.22.